The maximum Gasteiger partial charge on any atom is 0.362 e. The van der Waals surface area contributed by atoms with Crippen LogP contribution in [0.5, 0.6) is 5.75 Å². The lowest BCUT2D eigenvalue weighted by atomic mass is 9.96. The van der Waals surface area contributed by atoms with Crippen LogP contribution < -0.4 is 4.52 Å². The molecule has 0 aliphatic rings. The molecule has 1 atom stereocenters. The first-order valence-electron chi connectivity index (χ1n) is 6.65. The standard InChI is InChI=1S/C13H23N4O2PS/c1-7-18-20(21,16-10-17(5)6)19-11-8-14-12(15-9-11)13(2,3)4/h8-10H,7H2,1-6H3. The van der Waals surface area contributed by atoms with Crippen molar-refractivity contribution in [3.05, 3.63) is 18.2 Å². The van der Waals surface area contributed by atoms with Crippen molar-refractivity contribution in [2.24, 2.45) is 4.76 Å². The maximum atomic E-state index is 5.71. The Morgan fingerprint density at radius 1 is 1.33 bits per heavy atom. The van der Waals surface area contributed by atoms with E-state index in [9.17, 15) is 0 Å². The molecule has 8 heteroatoms. The van der Waals surface area contributed by atoms with Gasteiger partial charge in [0.15, 0.2) is 5.75 Å². The summed E-state index contributed by atoms with van der Waals surface area (Å²) >= 11 is 5.39. The molecule has 0 aromatic carbocycles. The van der Waals surface area contributed by atoms with Crippen LogP contribution in [-0.4, -0.2) is 41.9 Å². The summed E-state index contributed by atoms with van der Waals surface area (Å²) in [5.41, 5.74) is -0.109. The third-order valence-electron chi connectivity index (χ3n) is 2.24. The zero-order chi connectivity index (χ0) is 16.1. The van der Waals surface area contributed by atoms with Crippen molar-refractivity contribution in [3.8, 4) is 5.75 Å². The number of hydrogen-bond donors (Lipinski definition) is 0. The number of rotatable bonds is 6. The molecule has 1 rings (SSSR count). The third-order valence-corrected chi connectivity index (χ3v) is 4.47. The average molecular weight is 330 g/mol. The quantitative estimate of drug-likeness (QED) is 0.454. The summed E-state index contributed by atoms with van der Waals surface area (Å²) in [7, 11) is 3.71. The van der Waals surface area contributed by atoms with Crippen molar-refractivity contribution >= 4 is 24.8 Å². The molecule has 0 aliphatic carbocycles. The predicted octanol–water partition coefficient (Wildman–Crippen LogP) is 3.00. The fourth-order valence-electron chi connectivity index (χ4n) is 1.30. The summed E-state index contributed by atoms with van der Waals surface area (Å²) in [5.74, 6) is 1.21. The van der Waals surface area contributed by atoms with E-state index in [-0.39, 0.29) is 5.41 Å². The number of hydrogen-bond acceptors (Lipinski definition) is 5. The van der Waals surface area contributed by atoms with E-state index in [0.29, 0.717) is 12.4 Å². The van der Waals surface area contributed by atoms with Gasteiger partial charge in [0.1, 0.15) is 5.82 Å². The van der Waals surface area contributed by atoms with Crippen LogP contribution in [0.1, 0.15) is 33.5 Å². The largest absolute Gasteiger partial charge is 0.424 e. The zero-order valence-electron chi connectivity index (χ0n) is 13.4. The van der Waals surface area contributed by atoms with E-state index < -0.39 is 6.64 Å². The van der Waals surface area contributed by atoms with Crippen LogP contribution in [0.25, 0.3) is 0 Å². The van der Waals surface area contributed by atoms with E-state index in [1.807, 2.05) is 21.0 Å². The minimum atomic E-state index is -2.77. The Balaban J connectivity index is 2.92. The highest BCUT2D eigenvalue weighted by Gasteiger charge is 2.21. The van der Waals surface area contributed by atoms with Gasteiger partial charge in [-0.3, -0.25) is 0 Å². The van der Waals surface area contributed by atoms with Gasteiger partial charge in [0.05, 0.1) is 25.3 Å². The van der Waals surface area contributed by atoms with E-state index in [0.717, 1.165) is 5.82 Å². The molecule has 0 saturated heterocycles. The van der Waals surface area contributed by atoms with Gasteiger partial charge in [0.25, 0.3) is 0 Å². The van der Waals surface area contributed by atoms with Crippen LogP contribution >= 0.6 is 6.64 Å². The minimum Gasteiger partial charge on any atom is -0.424 e. The second kappa shape index (κ2) is 7.29. The monoisotopic (exact) mass is 330 g/mol. The molecule has 0 bridgehead atoms. The van der Waals surface area contributed by atoms with Crippen molar-refractivity contribution < 1.29 is 9.05 Å². The van der Waals surface area contributed by atoms with Gasteiger partial charge in [-0.1, -0.05) is 20.8 Å². The van der Waals surface area contributed by atoms with Crippen LogP contribution in [0.15, 0.2) is 17.2 Å². The molecule has 1 heterocycles. The van der Waals surface area contributed by atoms with Gasteiger partial charge in [-0.05, 0) is 6.92 Å². The van der Waals surface area contributed by atoms with E-state index in [4.69, 9.17) is 20.9 Å². The summed E-state index contributed by atoms with van der Waals surface area (Å²) in [4.78, 5) is 10.4. The first kappa shape index (κ1) is 18.0. The van der Waals surface area contributed by atoms with Gasteiger partial charge in [0, 0.05) is 31.3 Å². The molecule has 0 fully saturated rings. The van der Waals surface area contributed by atoms with Crippen LogP contribution in [-0.2, 0) is 21.7 Å². The molecule has 1 aromatic heterocycles. The molecule has 0 aliphatic heterocycles. The Morgan fingerprint density at radius 3 is 2.33 bits per heavy atom. The molecule has 1 unspecified atom stereocenters. The Bertz CT molecular complexity index is 526. The lowest BCUT2D eigenvalue weighted by Gasteiger charge is -2.19. The topological polar surface area (TPSA) is 59.8 Å². The van der Waals surface area contributed by atoms with Crippen LogP contribution in [0.2, 0.25) is 0 Å². The fraction of sp³-hybridized carbons (Fsp3) is 0.615. The molecule has 0 N–H and O–H groups in total. The Morgan fingerprint density at radius 2 is 1.90 bits per heavy atom. The van der Waals surface area contributed by atoms with Crippen LogP contribution in [0.3, 0.4) is 0 Å². The van der Waals surface area contributed by atoms with Gasteiger partial charge in [-0.2, -0.15) is 4.76 Å². The molecule has 21 heavy (non-hydrogen) atoms. The Hall–Kier alpha value is -1.04. The molecule has 0 amide bonds. The Labute approximate surface area is 131 Å². The molecule has 6 nitrogen and oxygen atoms in total. The second-order valence-electron chi connectivity index (χ2n) is 5.66. The summed E-state index contributed by atoms with van der Waals surface area (Å²) in [6.07, 6.45) is 4.82. The first-order valence-corrected chi connectivity index (χ1v) is 9.24. The molecule has 0 saturated carbocycles. The normalized spacial score (nSPS) is 15.0. The minimum absolute atomic E-state index is 0.109. The molecule has 1 aromatic rings. The maximum absolute atomic E-state index is 5.71. The average Bonchev–Trinajstić information content (AvgIpc) is 2.36. The highest BCUT2D eigenvalue weighted by atomic mass is 32.5. The van der Waals surface area contributed by atoms with E-state index in [1.165, 1.54) is 0 Å². The van der Waals surface area contributed by atoms with Crippen molar-refractivity contribution in [1.29, 1.82) is 0 Å². The first-order chi connectivity index (χ1) is 9.66. The second-order valence-corrected chi connectivity index (χ2v) is 8.66. The molecular formula is C13H23N4O2PS. The summed E-state index contributed by atoms with van der Waals surface area (Å²) < 4.78 is 15.5. The highest BCUT2D eigenvalue weighted by Crippen LogP contribution is 2.49. The van der Waals surface area contributed by atoms with Crippen molar-refractivity contribution in [2.75, 3.05) is 20.7 Å². The van der Waals surface area contributed by atoms with Gasteiger partial charge < -0.3 is 13.9 Å². The predicted molar refractivity (Wildman–Crippen MR) is 89.5 cm³/mol. The SMILES string of the molecule is CCOP(=S)(N=CN(C)C)Oc1cnc(C(C)(C)C)nc1. The van der Waals surface area contributed by atoms with Crippen LogP contribution in [0, 0.1) is 0 Å². The molecule has 0 spiro atoms. The van der Waals surface area contributed by atoms with Gasteiger partial charge in [-0.15, -0.1) is 0 Å². The van der Waals surface area contributed by atoms with E-state index in [2.05, 4.69) is 35.5 Å². The van der Waals surface area contributed by atoms with Gasteiger partial charge in [0.2, 0.25) is 0 Å². The van der Waals surface area contributed by atoms with Crippen LogP contribution in [0.4, 0.5) is 0 Å². The summed E-state index contributed by atoms with van der Waals surface area (Å²) in [5, 5.41) is 0. The van der Waals surface area contributed by atoms with Crippen molar-refractivity contribution in [3.63, 3.8) is 0 Å². The number of aromatic nitrogens is 2. The highest BCUT2D eigenvalue weighted by molar-refractivity contribution is 8.09. The van der Waals surface area contributed by atoms with Gasteiger partial charge >= 0.3 is 6.64 Å². The summed E-state index contributed by atoms with van der Waals surface area (Å²) in [6, 6.07) is 0. The molecule has 0 radical (unpaired) electrons. The molecular weight excluding hydrogens is 307 g/mol. The van der Waals surface area contributed by atoms with E-state index >= 15 is 0 Å². The number of nitrogens with zero attached hydrogens (tertiary/aromatic N) is 4. The summed E-state index contributed by atoms with van der Waals surface area (Å²) in [6.45, 7) is 5.67. The van der Waals surface area contributed by atoms with E-state index in [1.54, 1.807) is 23.6 Å². The smallest absolute Gasteiger partial charge is 0.362 e. The van der Waals surface area contributed by atoms with Crippen molar-refractivity contribution in [1.82, 2.24) is 14.9 Å². The van der Waals surface area contributed by atoms with Crippen molar-refractivity contribution in [2.45, 2.75) is 33.1 Å². The third kappa shape index (κ3) is 6.08. The Kier molecular flexibility index (Phi) is 6.25. The molecule has 118 valence electrons. The fourth-order valence-corrected chi connectivity index (χ4v) is 3.18. The lowest BCUT2D eigenvalue weighted by molar-refractivity contribution is 0.331. The van der Waals surface area contributed by atoms with Gasteiger partial charge in [-0.25, -0.2) is 9.97 Å². The lowest BCUT2D eigenvalue weighted by Crippen LogP contribution is -2.15. The zero-order valence-corrected chi connectivity index (χ0v) is 15.1.